The number of rotatable bonds is 6. The highest BCUT2D eigenvalue weighted by atomic mass is 19.1. The topological polar surface area (TPSA) is 135 Å². The molecule has 3 N–H and O–H groups in total. The maximum absolute atomic E-state index is 13.2. The summed E-state index contributed by atoms with van der Waals surface area (Å²) in [7, 11) is 1.39. The predicted molar refractivity (Wildman–Crippen MR) is 113 cm³/mol. The van der Waals surface area contributed by atoms with Crippen molar-refractivity contribution in [2.75, 3.05) is 25.7 Å². The molecule has 3 heterocycles. The summed E-state index contributed by atoms with van der Waals surface area (Å²) < 4.78 is 20.3. The standard InChI is InChI=1S/C21H21FN6O5/c1-3-27(12-29)21(18(31)15(30)10-33-21)28-11-23-17-19(26-32-2)24-16(25-20(17)28)9-6-13-4-7-14(22)8-5-13/h4-5,7-8,11-12,15,18,30-31H,3,10H2,1-2H3,(H,24,25,26)/t15-,18+,21-/m1/s1. The van der Waals surface area contributed by atoms with Crippen LogP contribution in [0.25, 0.3) is 11.2 Å². The van der Waals surface area contributed by atoms with E-state index in [1.165, 1.54) is 47.2 Å². The molecule has 172 valence electrons. The Morgan fingerprint density at radius 2 is 2.12 bits per heavy atom. The number of aliphatic hydroxyl groups excluding tert-OH is 2. The Morgan fingerprint density at radius 1 is 1.36 bits per heavy atom. The van der Waals surface area contributed by atoms with Crippen molar-refractivity contribution in [2.24, 2.45) is 0 Å². The van der Waals surface area contributed by atoms with E-state index in [2.05, 4.69) is 32.3 Å². The van der Waals surface area contributed by atoms with Gasteiger partial charge in [-0.05, 0) is 37.1 Å². The number of carbonyl (C=O) groups is 1. The smallest absolute Gasteiger partial charge is 0.259 e. The van der Waals surface area contributed by atoms with E-state index < -0.39 is 18.1 Å². The van der Waals surface area contributed by atoms with Crippen LogP contribution in [0.5, 0.6) is 0 Å². The number of nitrogens with one attached hydrogen (secondary N) is 1. The van der Waals surface area contributed by atoms with Crippen molar-refractivity contribution in [3.63, 3.8) is 0 Å². The van der Waals surface area contributed by atoms with Gasteiger partial charge in [0.1, 0.15) is 18.2 Å². The van der Waals surface area contributed by atoms with Crippen LogP contribution in [0.15, 0.2) is 30.6 Å². The Bertz CT molecular complexity index is 1220. The third-order valence-electron chi connectivity index (χ3n) is 5.20. The highest BCUT2D eigenvalue weighted by molar-refractivity contribution is 5.83. The summed E-state index contributed by atoms with van der Waals surface area (Å²) in [6.07, 6.45) is -0.891. The highest BCUT2D eigenvalue weighted by Crippen LogP contribution is 2.37. The van der Waals surface area contributed by atoms with Crippen LogP contribution in [0.4, 0.5) is 10.2 Å². The van der Waals surface area contributed by atoms with Crippen LogP contribution in [0.2, 0.25) is 0 Å². The number of hydrogen-bond acceptors (Lipinski definition) is 9. The summed E-state index contributed by atoms with van der Waals surface area (Å²) >= 11 is 0. The van der Waals surface area contributed by atoms with Gasteiger partial charge < -0.3 is 14.9 Å². The van der Waals surface area contributed by atoms with Crippen molar-refractivity contribution in [3.8, 4) is 11.8 Å². The number of hydrogen-bond donors (Lipinski definition) is 3. The Morgan fingerprint density at radius 3 is 2.73 bits per heavy atom. The van der Waals surface area contributed by atoms with Gasteiger partial charge in [0.05, 0.1) is 13.7 Å². The van der Waals surface area contributed by atoms with Gasteiger partial charge in [-0.2, -0.15) is 4.98 Å². The Kier molecular flexibility index (Phi) is 6.21. The second-order valence-corrected chi connectivity index (χ2v) is 7.12. The fourth-order valence-electron chi connectivity index (χ4n) is 3.63. The minimum Gasteiger partial charge on any atom is -0.388 e. The molecule has 3 atom stereocenters. The number of halogens is 1. The van der Waals surface area contributed by atoms with Crippen LogP contribution < -0.4 is 5.48 Å². The molecule has 0 radical (unpaired) electrons. The van der Waals surface area contributed by atoms with Crippen molar-refractivity contribution in [1.82, 2.24) is 24.4 Å². The maximum atomic E-state index is 13.2. The van der Waals surface area contributed by atoms with Crippen LogP contribution in [-0.2, 0) is 20.2 Å². The van der Waals surface area contributed by atoms with Gasteiger partial charge >= 0.3 is 0 Å². The second kappa shape index (κ2) is 9.08. The number of imidazole rings is 1. The summed E-state index contributed by atoms with van der Waals surface area (Å²) in [5.74, 6) is 3.72. The normalized spacial score (nSPS) is 22.1. The van der Waals surface area contributed by atoms with Crippen LogP contribution in [-0.4, -0.2) is 73.5 Å². The number of carbonyl (C=O) groups excluding carboxylic acids is 1. The molecule has 1 aromatic carbocycles. The van der Waals surface area contributed by atoms with Gasteiger partial charge in [0, 0.05) is 12.1 Å². The van der Waals surface area contributed by atoms with E-state index in [-0.39, 0.29) is 41.8 Å². The summed E-state index contributed by atoms with van der Waals surface area (Å²) in [6.45, 7) is 1.65. The average molecular weight is 456 g/mol. The van der Waals surface area contributed by atoms with E-state index in [0.717, 1.165) is 0 Å². The third-order valence-corrected chi connectivity index (χ3v) is 5.20. The number of aromatic nitrogens is 4. The lowest BCUT2D eigenvalue weighted by atomic mass is 10.1. The van der Waals surface area contributed by atoms with Crippen molar-refractivity contribution in [3.05, 3.63) is 47.8 Å². The Labute approximate surface area is 187 Å². The summed E-state index contributed by atoms with van der Waals surface area (Å²) in [4.78, 5) is 31.1. The lowest BCUT2D eigenvalue weighted by molar-refractivity contribution is -0.217. The van der Waals surface area contributed by atoms with Crippen LogP contribution in [0.1, 0.15) is 18.3 Å². The number of nitrogens with zero attached hydrogens (tertiary/aromatic N) is 5. The van der Waals surface area contributed by atoms with Crippen molar-refractivity contribution < 1.29 is 29.0 Å². The van der Waals surface area contributed by atoms with Gasteiger partial charge in [-0.1, -0.05) is 5.92 Å². The van der Waals surface area contributed by atoms with E-state index in [1.54, 1.807) is 6.92 Å². The molecule has 0 bridgehead atoms. The van der Waals surface area contributed by atoms with E-state index in [0.29, 0.717) is 12.0 Å². The molecule has 1 aliphatic heterocycles. The zero-order chi connectivity index (χ0) is 23.6. The molecule has 1 amide bonds. The van der Waals surface area contributed by atoms with E-state index in [9.17, 15) is 19.4 Å². The predicted octanol–water partition coefficient (Wildman–Crippen LogP) is 0.179. The molecule has 12 heteroatoms. The van der Waals surface area contributed by atoms with Crippen LogP contribution in [0.3, 0.4) is 0 Å². The van der Waals surface area contributed by atoms with Gasteiger partial charge in [-0.3, -0.25) is 19.1 Å². The minimum absolute atomic E-state index is 0.0606. The first-order valence-corrected chi connectivity index (χ1v) is 9.98. The number of benzene rings is 1. The number of ether oxygens (including phenoxy) is 1. The molecule has 0 spiro atoms. The number of aliphatic hydroxyl groups is 2. The SMILES string of the molecule is CCN(C=O)[C@]1(n2cnc3c(NOC)nc(C#Cc4ccc(F)cc4)nc32)OC[C@@H](O)[C@@H]1O. The molecule has 11 nitrogen and oxygen atoms in total. The molecule has 33 heavy (non-hydrogen) atoms. The lowest BCUT2D eigenvalue weighted by Crippen LogP contribution is -2.57. The third kappa shape index (κ3) is 3.87. The molecular weight excluding hydrogens is 435 g/mol. The average Bonchev–Trinajstić information content (AvgIpc) is 3.37. The first-order chi connectivity index (χ1) is 15.9. The highest BCUT2D eigenvalue weighted by Gasteiger charge is 2.55. The lowest BCUT2D eigenvalue weighted by Gasteiger charge is -2.40. The van der Waals surface area contributed by atoms with E-state index in [1.807, 2.05) is 0 Å². The quantitative estimate of drug-likeness (QED) is 0.270. The molecule has 0 aliphatic carbocycles. The monoisotopic (exact) mass is 456 g/mol. The molecule has 0 saturated carbocycles. The molecule has 0 unspecified atom stereocenters. The largest absolute Gasteiger partial charge is 0.388 e. The summed E-state index contributed by atoms with van der Waals surface area (Å²) in [6, 6.07) is 5.60. The van der Waals surface area contributed by atoms with Gasteiger partial charge in [0.25, 0.3) is 5.85 Å². The first kappa shape index (κ1) is 22.6. The first-order valence-electron chi connectivity index (χ1n) is 9.98. The zero-order valence-corrected chi connectivity index (χ0v) is 17.8. The summed E-state index contributed by atoms with van der Waals surface area (Å²) in [5.41, 5.74) is 3.57. The van der Waals surface area contributed by atoms with E-state index >= 15 is 0 Å². The molecule has 4 rings (SSSR count). The van der Waals surface area contributed by atoms with Gasteiger partial charge in [-0.25, -0.2) is 19.8 Å². The molecule has 2 aromatic heterocycles. The fourth-order valence-corrected chi connectivity index (χ4v) is 3.63. The number of likely N-dealkylation sites (N-methyl/N-ethyl adjacent to an activating group) is 1. The zero-order valence-electron chi connectivity index (χ0n) is 17.8. The molecular formula is C21H21FN6O5. The number of fused-ring (bicyclic) bond motifs is 1. The van der Waals surface area contributed by atoms with Gasteiger partial charge in [0.2, 0.25) is 12.2 Å². The van der Waals surface area contributed by atoms with Crippen molar-refractivity contribution >= 4 is 23.4 Å². The maximum Gasteiger partial charge on any atom is 0.259 e. The van der Waals surface area contributed by atoms with Crippen molar-refractivity contribution in [1.29, 1.82) is 0 Å². The Balaban J connectivity index is 1.90. The number of amides is 1. The second-order valence-electron chi connectivity index (χ2n) is 7.12. The Hall–Kier alpha value is -3.63. The van der Waals surface area contributed by atoms with Crippen LogP contribution >= 0.6 is 0 Å². The molecule has 3 aromatic rings. The van der Waals surface area contributed by atoms with Crippen molar-refractivity contribution in [2.45, 2.75) is 25.0 Å². The van der Waals surface area contributed by atoms with E-state index in [4.69, 9.17) is 9.57 Å². The molecule has 1 fully saturated rings. The fraction of sp³-hybridized carbons (Fsp3) is 0.333. The minimum atomic E-state index is -1.79. The number of anilines is 1. The van der Waals surface area contributed by atoms with Gasteiger partial charge in [-0.15, -0.1) is 0 Å². The van der Waals surface area contributed by atoms with Gasteiger partial charge in [0.15, 0.2) is 23.1 Å². The molecule has 1 aliphatic rings. The molecule has 1 saturated heterocycles. The van der Waals surface area contributed by atoms with Crippen LogP contribution in [0, 0.1) is 17.7 Å². The summed E-state index contributed by atoms with van der Waals surface area (Å²) in [5, 5.41) is 21.0.